The fourth-order valence-electron chi connectivity index (χ4n) is 1.47. The van der Waals surface area contributed by atoms with Gasteiger partial charge in [-0.2, -0.15) is 5.26 Å². The maximum Gasteiger partial charge on any atom is 0.150 e. The predicted molar refractivity (Wildman–Crippen MR) is 77.1 cm³/mol. The number of aldehydes is 1. The lowest BCUT2D eigenvalue weighted by molar-refractivity contribution is 0.112. The van der Waals surface area contributed by atoms with Crippen LogP contribution in [0.5, 0.6) is 0 Å². The maximum absolute atomic E-state index is 10.7. The van der Waals surface area contributed by atoms with E-state index < -0.39 is 0 Å². The van der Waals surface area contributed by atoms with Crippen molar-refractivity contribution in [2.24, 2.45) is 0 Å². The minimum atomic E-state index is 0.436. The van der Waals surface area contributed by atoms with Crippen LogP contribution in [0.3, 0.4) is 0 Å². The lowest BCUT2D eigenvalue weighted by atomic mass is 10.1. The molecule has 0 radical (unpaired) electrons. The molecule has 0 saturated carbocycles. The SMILES string of the molecule is N#Cc1cc(C=O)ccc1Sc1cc(Cl)ccc1Cl. The quantitative estimate of drug-likeness (QED) is 0.763. The van der Waals surface area contributed by atoms with Gasteiger partial charge < -0.3 is 0 Å². The first-order valence-electron chi connectivity index (χ1n) is 5.26. The van der Waals surface area contributed by atoms with E-state index >= 15 is 0 Å². The molecular weight excluding hydrogens is 301 g/mol. The Balaban J connectivity index is 2.41. The molecule has 0 aromatic heterocycles. The standard InChI is InChI=1S/C14H7Cl2NOS/c15-11-2-3-12(16)14(6-11)19-13-4-1-9(8-18)5-10(13)7-17/h1-6,8H. The van der Waals surface area contributed by atoms with Gasteiger partial charge in [0.05, 0.1) is 10.6 Å². The van der Waals surface area contributed by atoms with E-state index in [0.29, 0.717) is 27.5 Å². The second-order valence-corrected chi connectivity index (χ2v) is 5.59. The summed E-state index contributed by atoms with van der Waals surface area (Å²) in [5.41, 5.74) is 0.906. The van der Waals surface area contributed by atoms with Gasteiger partial charge in [-0.1, -0.05) is 41.0 Å². The summed E-state index contributed by atoms with van der Waals surface area (Å²) in [6.45, 7) is 0. The van der Waals surface area contributed by atoms with E-state index in [1.54, 1.807) is 36.4 Å². The van der Waals surface area contributed by atoms with Gasteiger partial charge in [-0.15, -0.1) is 0 Å². The Kier molecular flexibility index (Phi) is 4.49. The normalized spacial score (nSPS) is 9.95. The highest BCUT2D eigenvalue weighted by molar-refractivity contribution is 7.99. The van der Waals surface area contributed by atoms with Crippen LogP contribution < -0.4 is 0 Å². The monoisotopic (exact) mass is 307 g/mol. The molecule has 0 amide bonds. The number of halogens is 2. The Hall–Kier alpha value is -1.47. The molecule has 0 aliphatic heterocycles. The van der Waals surface area contributed by atoms with Crippen molar-refractivity contribution in [1.29, 1.82) is 5.26 Å². The van der Waals surface area contributed by atoms with Gasteiger partial charge in [0.25, 0.3) is 0 Å². The van der Waals surface area contributed by atoms with Crippen LogP contribution in [-0.4, -0.2) is 6.29 Å². The fourth-order valence-corrected chi connectivity index (χ4v) is 2.88. The van der Waals surface area contributed by atoms with Gasteiger partial charge in [-0.25, -0.2) is 0 Å². The number of carbonyl (C=O) groups is 1. The van der Waals surface area contributed by atoms with Crippen molar-refractivity contribution in [3.8, 4) is 6.07 Å². The number of hydrogen-bond acceptors (Lipinski definition) is 3. The van der Waals surface area contributed by atoms with Crippen molar-refractivity contribution >= 4 is 41.2 Å². The van der Waals surface area contributed by atoms with E-state index in [0.717, 1.165) is 9.79 Å². The Morgan fingerprint density at radius 3 is 2.58 bits per heavy atom. The summed E-state index contributed by atoms with van der Waals surface area (Å²) >= 11 is 13.3. The van der Waals surface area contributed by atoms with Crippen LogP contribution in [0.2, 0.25) is 10.0 Å². The molecule has 0 saturated heterocycles. The number of nitrogens with zero attached hydrogens (tertiary/aromatic N) is 1. The summed E-state index contributed by atoms with van der Waals surface area (Å²) in [5.74, 6) is 0. The molecule has 2 nitrogen and oxygen atoms in total. The average Bonchev–Trinajstić information content (AvgIpc) is 2.43. The summed E-state index contributed by atoms with van der Waals surface area (Å²) in [5, 5.41) is 10.2. The van der Waals surface area contributed by atoms with Crippen molar-refractivity contribution in [2.45, 2.75) is 9.79 Å². The molecule has 0 fully saturated rings. The van der Waals surface area contributed by atoms with Crippen LogP contribution >= 0.6 is 35.0 Å². The zero-order valence-electron chi connectivity index (χ0n) is 9.56. The number of hydrogen-bond donors (Lipinski definition) is 0. The Bertz CT molecular complexity index is 680. The Morgan fingerprint density at radius 2 is 1.89 bits per heavy atom. The zero-order chi connectivity index (χ0) is 13.8. The Morgan fingerprint density at radius 1 is 1.11 bits per heavy atom. The lowest BCUT2D eigenvalue weighted by Crippen LogP contribution is -1.86. The molecule has 0 bridgehead atoms. The van der Waals surface area contributed by atoms with Crippen molar-refractivity contribution in [2.75, 3.05) is 0 Å². The molecule has 94 valence electrons. The van der Waals surface area contributed by atoms with Gasteiger partial charge in [0, 0.05) is 20.4 Å². The van der Waals surface area contributed by atoms with Gasteiger partial charge >= 0.3 is 0 Å². The topological polar surface area (TPSA) is 40.9 Å². The molecule has 2 aromatic rings. The van der Waals surface area contributed by atoms with Crippen molar-refractivity contribution in [3.63, 3.8) is 0 Å². The molecule has 0 spiro atoms. The first-order chi connectivity index (χ1) is 9.13. The Labute approximate surface area is 125 Å². The van der Waals surface area contributed by atoms with E-state index in [9.17, 15) is 4.79 Å². The van der Waals surface area contributed by atoms with Crippen LogP contribution in [0.4, 0.5) is 0 Å². The van der Waals surface area contributed by atoms with E-state index in [1.165, 1.54) is 11.8 Å². The largest absolute Gasteiger partial charge is 0.298 e. The van der Waals surface area contributed by atoms with Crippen molar-refractivity contribution in [1.82, 2.24) is 0 Å². The van der Waals surface area contributed by atoms with Crippen LogP contribution in [0.1, 0.15) is 15.9 Å². The smallest absolute Gasteiger partial charge is 0.150 e. The highest BCUT2D eigenvalue weighted by Gasteiger charge is 2.08. The van der Waals surface area contributed by atoms with E-state index in [-0.39, 0.29) is 0 Å². The molecule has 0 N–H and O–H groups in total. The zero-order valence-corrected chi connectivity index (χ0v) is 11.9. The molecule has 0 aliphatic rings. The summed E-state index contributed by atoms with van der Waals surface area (Å²) in [4.78, 5) is 12.2. The molecule has 19 heavy (non-hydrogen) atoms. The third kappa shape index (κ3) is 3.30. The third-order valence-corrected chi connectivity index (χ3v) is 4.18. The molecule has 0 heterocycles. The van der Waals surface area contributed by atoms with Crippen LogP contribution in [0.15, 0.2) is 46.2 Å². The number of nitriles is 1. The second-order valence-electron chi connectivity index (χ2n) is 3.66. The van der Waals surface area contributed by atoms with Gasteiger partial charge in [0.2, 0.25) is 0 Å². The predicted octanol–water partition coefficient (Wildman–Crippen LogP) is 4.83. The maximum atomic E-state index is 10.7. The molecule has 0 atom stereocenters. The highest BCUT2D eigenvalue weighted by atomic mass is 35.5. The van der Waals surface area contributed by atoms with Gasteiger partial charge in [-0.05, 0) is 30.3 Å². The summed E-state index contributed by atoms with van der Waals surface area (Å²) in [6.07, 6.45) is 0.710. The first-order valence-corrected chi connectivity index (χ1v) is 6.83. The summed E-state index contributed by atoms with van der Waals surface area (Å²) in [7, 11) is 0. The highest BCUT2D eigenvalue weighted by Crippen LogP contribution is 2.36. The van der Waals surface area contributed by atoms with Crippen LogP contribution in [-0.2, 0) is 0 Å². The number of carbonyl (C=O) groups excluding carboxylic acids is 1. The van der Waals surface area contributed by atoms with E-state index in [1.807, 2.05) is 0 Å². The fraction of sp³-hybridized carbons (Fsp3) is 0. The lowest BCUT2D eigenvalue weighted by Gasteiger charge is -2.06. The molecule has 0 aliphatic carbocycles. The number of rotatable bonds is 3. The molecule has 2 aromatic carbocycles. The summed E-state index contributed by atoms with van der Waals surface area (Å²) in [6, 6.07) is 12.2. The van der Waals surface area contributed by atoms with Crippen LogP contribution in [0, 0.1) is 11.3 Å². The van der Waals surface area contributed by atoms with E-state index in [2.05, 4.69) is 6.07 Å². The van der Waals surface area contributed by atoms with Gasteiger partial charge in [0.15, 0.2) is 0 Å². The minimum Gasteiger partial charge on any atom is -0.298 e. The van der Waals surface area contributed by atoms with E-state index in [4.69, 9.17) is 28.5 Å². The second kappa shape index (κ2) is 6.12. The van der Waals surface area contributed by atoms with Crippen LogP contribution in [0.25, 0.3) is 0 Å². The van der Waals surface area contributed by atoms with Gasteiger partial charge in [0.1, 0.15) is 12.4 Å². The number of benzene rings is 2. The van der Waals surface area contributed by atoms with Gasteiger partial charge in [-0.3, -0.25) is 4.79 Å². The first kappa shape index (κ1) is 14.0. The average molecular weight is 308 g/mol. The molecule has 5 heteroatoms. The summed E-state index contributed by atoms with van der Waals surface area (Å²) < 4.78 is 0. The molecular formula is C14H7Cl2NOS. The van der Waals surface area contributed by atoms with Crippen molar-refractivity contribution in [3.05, 3.63) is 57.6 Å². The van der Waals surface area contributed by atoms with Crippen molar-refractivity contribution < 1.29 is 4.79 Å². The minimum absolute atomic E-state index is 0.436. The third-order valence-electron chi connectivity index (χ3n) is 2.37. The molecule has 0 unspecified atom stereocenters. The molecule has 2 rings (SSSR count).